The molecular formula is C13H26N2O3. The molecule has 0 aromatic rings. The van der Waals surface area contributed by atoms with E-state index in [1.807, 2.05) is 0 Å². The zero-order chi connectivity index (χ0) is 14.1. The van der Waals surface area contributed by atoms with Crippen molar-refractivity contribution < 1.29 is 14.7 Å². The van der Waals surface area contributed by atoms with Gasteiger partial charge in [0.25, 0.3) is 0 Å². The van der Waals surface area contributed by atoms with Crippen molar-refractivity contribution in [3.63, 3.8) is 0 Å². The molecule has 0 saturated heterocycles. The largest absolute Gasteiger partial charge is 0.481 e. The van der Waals surface area contributed by atoms with E-state index in [9.17, 15) is 9.59 Å². The highest BCUT2D eigenvalue weighted by molar-refractivity contribution is 5.75. The summed E-state index contributed by atoms with van der Waals surface area (Å²) in [6.07, 6.45) is 2.24. The summed E-state index contributed by atoms with van der Waals surface area (Å²) in [7, 11) is 3.52. The summed E-state index contributed by atoms with van der Waals surface area (Å²) in [6.45, 7) is 5.81. The van der Waals surface area contributed by atoms with Gasteiger partial charge in [-0.2, -0.15) is 0 Å². The van der Waals surface area contributed by atoms with Gasteiger partial charge in [0, 0.05) is 33.0 Å². The van der Waals surface area contributed by atoms with Crippen molar-refractivity contribution in [1.82, 2.24) is 9.80 Å². The van der Waals surface area contributed by atoms with E-state index in [2.05, 4.69) is 18.7 Å². The van der Waals surface area contributed by atoms with Crippen molar-refractivity contribution in [1.29, 1.82) is 0 Å². The van der Waals surface area contributed by atoms with Gasteiger partial charge in [-0.05, 0) is 39.8 Å². The Morgan fingerprint density at radius 1 is 1.06 bits per heavy atom. The molecule has 0 aromatic heterocycles. The van der Waals surface area contributed by atoms with E-state index in [-0.39, 0.29) is 12.3 Å². The Bertz CT molecular complexity index is 265. The summed E-state index contributed by atoms with van der Waals surface area (Å²) < 4.78 is 0. The number of carbonyl (C=O) groups is 2. The van der Waals surface area contributed by atoms with E-state index in [0.29, 0.717) is 18.9 Å². The lowest BCUT2D eigenvalue weighted by molar-refractivity contribution is -0.137. The van der Waals surface area contributed by atoms with Gasteiger partial charge >= 0.3 is 5.97 Å². The second-order valence-electron chi connectivity index (χ2n) is 5.02. The number of amides is 1. The molecule has 0 aromatic carbocycles. The number of rotatable bonds is 9. The Morgan fingerprint density at radius 2 is 1.56 bits per heavy atom. The number of carboxylic acid groups (broad SMARTS) is 1. The molecule has 1 amide bonds. The van der Waals surface area contributed by atoms with Gasteiger partial charge in [-0.1, -0.05) is 0 Å². The topological polar surface area (TPSA) is 60.9 Å². The minimum absolute atomic E-state index is 0.143. The highest BCUT2D eigenvalue weighted by atomic mass is 16.4. The van der Waals surface area contributed by atoms with Crippen LogP contribution in [0.25, 0.3) is 0 Å². The maximum absolute atomic E-state index is 11.4. The van der Waals surface area contributed by atoms with Crippen LogP contribution < -0.4 is 0 Å². The predicted octanol–water partition coefficient (Wildman–Crippen LogP) is 1.43. The van der Waals surface area contributed by atoms with Gasteiger partial charge in [0.1, 0.15) is 0 Å². The fraction of sp³-hybridized carbons (Fsp3) is 0.846. The molecule has 5 heteroatoms. The van der Waals surface area contributed by atoms with Crippen LogP contribution in [0, 0.1) is 0 Å². The fourth-order valence-electron chi connectivity index (χ4n) is 1.72. The van der Waals surface area contributed by atoms with E-state index in [0.717, 1.165) is 19.5 Å². The van der Waals surface area contributed by atoms with Gasteiger partial charge in [-0.25, -0.2) is 0 Å². The average molecular weight is 258 g/mol. The van der Waals surface area contributed by atoms with Crippen LogP contribution in [-0.2, 0) is 9.59 Å². The molecule has 0 spiro atoms. The molecule has 106 valence electrons. The normalized spacial score (nSPS) is 11.0. The highest BCUT2D eigenvalue weighted by Crippen LogP contribution is 2.05. The zero-order valence-electron chi connectivity index (χ0n) is 12.0. The number of nitrogens with zero attached hydrogens (tertiary/aromatic N) is 2. The van der Waals surface area contributed by atoms with Crippen LogP contribution in [0.4, 0.5) is 0 Å². The van der Waals surface area contributed by atoms with Crippen LogP contribution in [0.5, 0.6) is 0 Å². The van der Waals surface area contributed by atoms with Crippen LogP contribution in [-0.4, -0.2) is 60.0 Å². The molecule has 0 heterocycles. The lowest BCUT2D eigenvalue weighted by Crippen LogP contribution is -2.33. The average Bonchev–Trinajstić information content (AvgIpc) is 2.25. The first kappa shape index (κ1) is 16.9. The van der Waals surface area contributed by atoms with Crippen molar-refractivity contribution in [2.24, 2.45) is 0 Å². The Balaban J connectivity index is 3.90. The quantitative estimate of drug-likeness (QED) is 0.679. The number of aliphatic carboxylic acids is 1. The Kier molecular flexibility index (Phi) is 8.37. The number of hydrogen-bond acceptors (Lipinski definition) is 3. The van der Waals surface area contributed by atoms with E-state index in [1.54, 1.807) is 19.0 Å². The number of carboxylic acids is 1. The van der Waals surface area contributed by atoms with Gasteiger partial charge in [-0.3, -0.25) is 9.59 Å². The maximum Gasteiger partial charge on any atom is 0.303 e. The lowest BCUT2D eigenvalue weighted by Gasteiger charge is -2.26. The summed E-state index contributed by atoms with van der Waals surface area (Å²) in [4.78, 5) is 25.7. The highest BCUT2D eigenvalue weighted by Gasteiger charge is 2.11. The first-order valence-corrected chi connectivity index (χ1v) is 6.50. The van der Waals surface area contributed by atoms with Crippen LogP contribution in [0.3, 0.4) is 0 Å². The van der Waals surface area contributed by atoms with Crippen LogP contribution in [0.2, 0.25) is 0 Å². The third-order valence-electron chi connectivity index (χ3n) is 2.90. The standard InChI is InChI=1S/C13H26N2O3/c1-11(2)15(10-6-8-13(17)18)9-5-7-12(16)14(3)4/h11H,5-10H2,1-4H3,(H,17,18). The molecule has 0 bridgehead atoms. The molecular weight excluding hydrogens is 232 g/mol. The zero-order valence-corrected chi connectivity index (χ0v) is 12.0. The molecule has 0 radical (unpaired) electrons. The Labute approximate surface area is 110 Å². The summed E-state index contributed by atoms with van der Waals surface area (Å²) in [5, 5.41) is 8.61. The SMILES string of the molecule is CC(C)N(CCCC(=O)O)CCCC(=O)N(C)C. The first-order chi connectivity index (χ1) is 8.34. The molecule has 18 heavy (non-hydrogen) atoms. The van der Waals surface area contributed by atoms with Crippen molar-refractivity contribution in [2.75, 3.05) is 27.2 Å². The minimum Gasteiger partial charge on any atom is -0.481 e. The summed E-state index contributed by atoms with van der Waals surface area (Å²) in [5.74, 6) is -0.606. The molecule has 0 saturated carbocycles. The van der Waals surface area contributed by atoms with E-state index >= 15 is 0 Å². The van der Waals surface area contributed by atoms with Crippen LogP contribution in [0.15, 0.2) is 0 Å². The molecule has 5 nitrogen and oxygen atoms in total. The van der Waals surface area contributed by atoms with Crippen molar-refractivity contribution in [2.45, 2.75) is 45.6 Å². The molecule has 0 rings (SSSR count). The summed E-state index contributed by atoms with van der Waals surface area (Å²) in [5.41, 5.74) is 0. The second kappa shape index (κ2) is 8.91. The smallest absolute Gasteiger partial charge is 0.303 e. The maximum atomic E-state index is 11.4. The van der Waals surface area contributed by atoms with Crippen LogP contribution >= 0.6 is 0 Å². The molecule has 0 unspecified atom stereocenters. The predicted molar refractivity (Wildman–Crippen MR) is 71.5 cm³/mol. The van der Waals surface area contributed by atoms with Gasteiger partial charge in [0.15, 0.2) is 0 Å². The second-order valence-corrected chi connectivity index (χ2v) is 5.02. The third kappa shape index (κ3) is 8.06. The fourth-order valence-corrected chi connectivity index (χ4v) is 1.72. The van der Waals surface area contributed by atoms with E-state index in [4.69, 9.17) is 5.11 Å². The van der Waals surface area contributed by atoms with Gasteiger partial charge in [0.2, 0.25) is 5.91 Å². The Hall–Kier alpha value is -1.10. The molecule has 0 aliphatic rings. The monoisotopic (exact) mass is 258 g/mol. The number of hydrogen-bond donors (Lipinski definition) is 1. The molecule has 0 fully saturated rings. The Morgan fingerprint density at radius 3 is 1.94 bits per heavy atom. The third-order valence-corrected chi connectivity index (χ3v) is 2.90. The van der Waals surface area contributed by atoms with Crippen LogP contribution in [0.1, 0.15) is 39.5 Å². The molecule has 1 N–H and O–H groups in total. The number of carbonyl (C=O) groups excluding carboxylic acids is 1. The first-order valence-electron chi connectivity index (χ1n) is 6.50. The van der Waals surface area contributed by atoms with Gasteiger partial charge in [-0.15, -0.1) is 0 Å². The minimum atomic E-state index is -0.749. The van der Waals surface area contributed by atoms with Gasteiger partial charge < -0.3 is 14.9 Å². The van der Waals surface area contributed by atoms with E-state index in [1.165, 1.54) is 0 Å². The lowest BCUT2D eigenvalue weighted by atomic mass is 10.2. The van der Waals surface area contributed by atoms with Crippen molar-refractivity contribution >= 4 is 11.9 Å². The van der Waals surface area contributed by atoms with E-state index < -0.39 is 5.97 Å². The molecule has 0 atom stereocenters. The molecule has 0 aliphatic carbocycles. The van der Waals surface area contributed by atoms with Crippen molar-refractivity contribution in [3.8, 4) is 0 Å². The van der Waals surface area contributed by atoms with Gasteiger partial charge in [0.05, 0.1) is 0 Å². The molecule has 0 aliphatic heterocycles. The van der Waals surface area contributed by atoms with Crippen molar-refractivity contribution in [3.05, 3.63) is 0 Å². The summed E-state index contributed by atoms with van der Waals surface area (Å²) in [6, 6.07) is 0.383. The summed E-state index contributed by atoms with van der Waals surface area (Å²) >= 11 is 0.